The van der Waals surface area contributed by atoms with Crippen LogP contribution in [-0.2, 0) is 13.1 Å². The van der Waals surface area contributed by atoms with E-state index in [0.29, 0.717) is 8.95 Å². The van der Waals surface area contributed by atoms with E-state index >= 15 is 0 Å². The van der Waals surface area contributed by atoms with Crippen molar-refractivity contribution in [1.29, 1.82) is 0 Å². The molecule has 0 atom stereocenters. The molecule has 2 N–H and O–H groups in total. The summed E-state index contributed by atoms with van der Waals surface area (Å²) in [6.45, 7) is 1.60. The van der Waals surface area contributed by atoms with Gasteiger partial charge in [-0.15, -0.1) is 11.3 Å². The van der Waals surface area contributed by atoms with E-state index < -0.39 is 0 Å². The van der Waals surface area contributed by atoms with Crippen molar-refractivity contribution in [2.75, 3.05) is 0 Å². The van der Waals surface area contributed by atoms with E-state index in [-0.39, 0.29) is 5.75 Å². The van der Waals surface area contributed by atoms with Crippen LogP contribution in [0.2, 0.25) is 0 Å². The van der Waals surface area contributed by atoms with E-state index in [0.717, 1.165) is 23.1 Å². The van der Waals surface area contributed by atoms with Crippen molar-refractivity contribution in [3.63, 3.8) is 0 Å². The number of nitrogens with one attached hydrogen (secondary N) is 1. The summed E-state index contributed by atoms with van der Waals surface area (Å²) in [6, 6.07) is 5.94. The lowest BCUT2D eigenvalue weighted by Crippen LogP contribution is -2.11. The normalized spacial score (nSPS) is 10.8. The zero-order chi connectivity index (χ0) is 13.1. The van der Waals surface area contributed by atoms with Gasteiger partial charge in [-0.2, -0.15) is 0 Å². The first kappa shape index (κ1) is 14.5. The van der Waals surface area contributed by atoms with E-state index in [9.17, 15) is 5.11 Å². The topological polar surface area (TPSA) is 32.3 Å². The molecular weight excluding hydrogens is 446 g/mol. The first-order valence-electron chi connectivity index (χ1n) is 5.17. The van der Waals surface area contributed by atoms with Gasteiger partial charge in [-0.3, -0.25) is 0 Å². The molecule has 0 aliphatic rings. The Hall–Kier alpha value is 0.120. The molecule has 2 rings (SSSR count). The maximum Gasteiger partial charge on any atom is 0.143 e. The molecule has 96 valence electrons. The highest BCUT2D eigenvalue weighted by atomic mass is 79.9. The minimum atomic E-state index is 0.237. The number of hydrogen-bond acceptors (Lipinski definition) is 3. The Balaban J connectivity index is 1.94. The number of aromatic hydroxyl groups is 1. The fourth-order valence-electron chi connectivity index (χ4n) is 1.50. The molecule has 0 aliphatic carbocycles. The molecule has 0 aliphatic heterocycles. The second-order valence-corrected chi connectivity index (χ2v) is 7.36. The van der Waals surface area contributed by atoms with E-state index in [4.69, 9.17) is 0 Å². The Morgan fingerprint density at radius 2 is 1.72 bits per heavy atom. The first-order chi connectivity index (χ1) is 8.56. The van der Waals surface area contributed by atoms with E-state index in [1.54, 1.807) is 11.3 Å². The summed E-state index contributed by atoms with van der Waals surface area (Å²) >= 11 is 11.8. The molecule has 1 heterocycles. The Labute approximate surface area is 135 Å². The third kappa shape index (κ3) is 3.81. The van der Waals surface area contributed by atoms with Crippen molar-refractivity contribution in [2.45, 2.75) is 13.1 Å². The van der Waals surface area contributed by atoms with Gasteiger partial charge in [0.05, 0.1) is 8.95 Å². The van der Waals surface area contributed by atoms with Crippen LogP contribution in [0.4, 0.5) is 0 Å². The minimum Gasteiger partial charge on any atom is -0.506 e. The van der Waals surface area contributed by atoms with Gasteiger partial charge in [0.1, 0.15) is 5.75 Å². The lowest BCUT2D eigenvalue weighted by atomic mass is 10.2. The quantitative estimate of drug-likeness (QED) is 0.677. The highest BCUT2D eigenvalue weighted by Crippen LogP contribution is 2.33. The number of phenolic OH excluding ortho intramolecular Hbond substituents is 1. The average molecular weight is 456 g/mol. The van der Waals surface area contributed by atoms with Crippen LogP contribution < -0.4 is 5.32 Å². The van der Waals surface area contributed by atoms with E-state index in [2.05, 4.69) is 64.6 Å². The zero-order valence-electron chi connectivity index (χ0n) is 9.21. The van der Waals surface area contributed by atoms with E-state index in [1.165, 1.54) is 4.88 Å². The monoisotopic (exact) mass is 453 g/mol. The number of thiophene rings is 1. The third-order valence-electron chi connectivity index (χ3n) is 2.33. The van der Waals surface area contributed by atoms with Crippen LogP contribution in [0.25, 0.3) is 0 Å². The number of rotatable bonds is 4. The maximum absolute atomic E-state index is 9.62. The molecular formula is C12H10Br3NOS. The number of halogens is 3. The standard InChI is InChI=1S/C12H10Br3NOS/c13-8-3-9(18-6-8)5-16-4-7-1-10(14)12(17)11(15)2-7/h1-3,6,16-17H,4-5H2. The SMILES string of the molecule is Oc1c(Br)cc(CNCc2cc(Br)cs2)cc1Br. The Morgan fingerprint density at radius 1 is 1.06 bits per heavy atom. The van der Waals surface area contributed by atoms with Crippen LogP contribution in [0, 0.1) is 0 Å². The fourth-order valence-corrected chi connectivity index (χ4v) is 4.20. The van der Waals surface area contributed by atoms with Gasteiger partial charge in [-0.1, -0.05) is 0 Å². The average Bonchev–Trinajstić information content (AvgIpc) is 2.72. The minimum absolute atomic E-state index is 0.237. The van der Waals surface area contributed by atoms with Crippen LogP contribution >= 0.6 is 59.1 Å². The molecule has 0 radical (unpaired) electrons. The van der Waals surface area contributed by atoms with Crippen LogP contribution in [0.15, 0.2) is 37.0 Å². The molecule has 0 saturated heterocycles. The summed E-state index contributed by atoms with van der Waals surface area (Å²) in [4.78, 5) is 1.29. The van der Waals surface area contributed by atoms with Crippen molar-refractivity contribution in [1.82, 2.24) is 5.32 Å². The molecule has 0 bridgehead atoms. The zero-order valence-corrected chi connectivity index (χ0v) is 14.8. The fraction of sp³-hybridized carbons (Fsp3) is 0.167. The van der Waals surface area contributed by atoms with Gasteiger partial charge < -0.3 is 10.4 Å². The molecule has 0 unspecified atom stereocenters. The predicted molar refractivity (Wildman–Crippen MR) is 86.1 cm³/mol. The molecule has 6 heteroatoms. The summed E-state index contributed by atoms with van der Waals surface area (Å²) in [5.41, 5.74) is 1.11. The highest BCUT2D eigenvalue weighted by molar-refractivity contribution is 9.11. The number of hydrogen-bond donors (Lipinski definition) is 2. The van der Waals surface area contributed by atoms with Crippen LogP contribution in [0.1, 0.15) is 10.4 Å². The number of phenols is 1. The molecule has 2 aromatic rings. The lowest BCUT2D eigenvalue weighted by Gasteiger charge is -2.07. The van der Waals surface area contributed by atoms with Gasteiger partial charge in [0.2, 0.25) is 0 Å². The Kier molecular flexibility index (Phi) is 5.26. The second-order valence-electron chi connectivity index (χ2n) is 3.74. The summed E-state index contributed by atoms with van der Waals surface area (Å²) in [5.74, 6) is 0.237. The molecule has 2 nitrogen and oxygen atoms in total. The van der Waals surface area contributed by atoms with Gasteiger partial charge in [0.25, 0.3) is 0 Å². The van der Waals surface area contributed by atoms with Crippen molar-refractivity contribution in [3.05, 3.63) is 47.4 Å². The number of benzene rings is 1. The molecule has 0 spiro atoms. The molecule has 1 aromatic carbocycles. The Morgan fingerprint density at radius 3 is 2.28 bits per heavy atom. The van der Waals surface area contributed by atoms with Gasteiger partial charge >= 0.3 is 0 Å². The van der Waals surface area contributed by atoms with Crippen molar-refractivity contribution < 1.29 is 5.11 Å². The largest absolute Gasteiger partial charge is 0.506 e. The second kappa shape index (κ2) is 6.52. The third-order valence-corrected chi connectivity index (χ3v) is 5.23. The lowest BCUT2D eigenvalue weighted by molar-refractivity contribution is 0.468. The van der Waals surface area contributed by atoms with Crippen molar-refractivity contribution >= 4 is 59.1 Å². The van der Waals surface area contributed by atoms with Crippen LogP contribution in [-0.4, -0.2) is 5.11 Å². The first-order valence-corrected chi connectivity index (χ1v) is 8.42. The van der Waals surface area contributed by atoms with E-state index in [1.807, 2.05) is 12.1 Å². The van der Waals surface area contributed by atoms with Crippen molar-refractivity contribution in [2.24, 2.45) is 0 Å². The summed E-state index contributed by atoms with van der Waals surface area (Å²) in [5, 5.41) is 15.1. The molecule has 0 amide bonds. The van der Waals surface area contributed by atoms with Crippen LogP contribution in [0.5, 0.6) is 5.75 Å². The van der Waals surface area contributed by atoms with Gasteiger partial charge in [0.15, 0.2) is 0 Å². The summed E-state index contributed by atoms with van der Waals surface area (Å²) in [7, 11) is 0. The molecule has 18 heavy (non-hydrogen) atoms. The molecule has 0 saturated carbocycles. The smallest absolute Gasteiger partial charge is 0.143 e. The van der Waals surface area contributed by atoms with Gasteiger partial charge in [-0.05, 0) is 71.6 Å². The molecule has 0 fully saturated rings. The highest BCUT2D eigenvalue weighted by Gasteiger charge is 2.05. The Bertz CT molecular complexity index is 533. The predicted octanol–water partition coefficient (Wildman–Crippen LogP) is 5.03. The van der Waals surface area contributed by atoms with Gasteiger partial charge in [-0.25, -0.2) is 0 Å². The van der Waals surface area contributed by atoms with Gasteiger partial charge in [0, 0.05) is 27.8 Å². The van der Waals surface area contributed by atoms with Crippen LogP contribution in [0.3, 0.4) is 0 Å². The summed E-state index contributed by atoms with van der Waals surface area (Å²) < 4.78 is 2.53. The van der Waals surface area contributed by atoms with Crippen molar-refractivity contribution in [3.8, 4) is 5.75 Å². The summed E-state index contributed by atoms with van der Waals surface area (Å²) in [6.07, 6.45) is 0. The molecule has 1 aromatic heterocycles. The maximum atomic E-state index is 9.62.